The van der Waals surface area contributed by atoms with Crippen LogP contribution in [0.3, 0.4) is 0 Å². The van der Waals surface area contributed by atoms with Gasteiger partial charge in [0.2, 0.25) is 0 Å². The van der Waals surface area contributed by atoms with Gasteiger partial charge in [-0.1, -0.05) is 23.7 Å². The third-order valence-corrected chi connectivity index (χ3v) is 3.47. The Morgan fingerprint density at radius 3 is 2.48 bits per heavy atom. The summed E-state index contributed by atoms with van der Waals surface area (Å²) in [4.78, 5) is 2.17. The summed E-state index contributed by atoms with van der Waals surface area (Å²) in [5, 5.41) is 9.74. The lowest BCUT2D eigenvalue weighted by molar-refractivity contribution is 0.310. The van der Waals surface area contributed by atoms with Gasteiger partial charge in [0.1, 0.15) is 5.75 Å². The van der Waals surface area contributed by atoms with E-state index in [1.165, 1.54) is 5.56 Å². The summed E-state index contributed by atoms with van der Waals surface area (Å²) in [7, 11) is 3.68. The molecule has 0 saturated carbocycles. The molecule has 0 aliphatic heterocycles. The molecule has 0 fully saturated rings. The van der Waals surface area contributed by atoms with E-state index in [0.717, 1.165) is 22.9 Å². The quantitative estimate of drug-likeness (QED) is 0.841. The molecule has 0 saturated heterocycles. The highest BCUT2D eigenvalue weighted by atomic mass is 35.5. The van der Waals surface area contributed by atoms with E-state index in [9.17, 15) is 0 Å². The summed E-state index contributed by atoms with van der Waals surface area (Å²) in [6, 6.07) is 15.4. The molecule has 0 aliphatic rings. The maximum absolute atomic E-state index is 9.00. The van der Waals surface area contributed by atoms with Crippen molar-refractivity contribution in [3.8, 4) is 11.8 Å². The van der Waals surface area contributed by atoms with Gasteiger partial charge < -0.3 is 4.74 Å². The van der Waals surface area contributed by atoms with Crippen molar-refractivity contribution < 1.29 is 4.74 Å². The van der Waals surface area contributed by atoms with Crippen LogP contribution in [0.25, 0.3) is 0 Å². The van der Waals surface area contributed by atoms with Gasteiger partial charge in [-0.25, -0.2) is 0 Å². The molecule has 0 heterocycles. The third kappa shape index (κ3) is 4.22. The standard InChI is InChI=1S/C17H17ClN2O/c1-20(11-13-3-6-16(18)7-4-13)12-15-9-14(10-19)5-8-17(15)21-2/h3-9H,11-12H2,1-2H3. The lowest BCUT2D eigenvalue weighted by Gasteiger charge is -2.18. The lowest BCUT2D eigenvalue weighted by atomic mass is 10.1. The zero-order chi connectivity index (χ0) is 15.2. The highest BCUT2D eigenvalue weighted by Gasteiger charge is 2.08. The van der Waals surface area contributed by atoms with Crippen LogP contribution in [-0.4, -0.2) is 19.1 Å². The average Bonchev–Trinajstić information content (AvgIpc) is 2.49. The van der Waals surface area contributed by atoms with Crippen LogP contribution in [0.5, 0.6) is 5.75 Å². The second-order valence-corrected chi connectivity index (χ2v) is 5.37. The molecule has 0 amide bonds. The minimum absolute atomic E-state index is 0.644. The third-order valence-electron chi connectivity index (χ3n) is 3.22. The molecule has 0 aliphatic carbocycles. The zero-order valence-corrected chi connectivity index (χ0v) is 12.9. The SMILES string of the molecule is COc1ccc(C#N)cc1CN(C)Cc1ccc(Cl)cc1. The molecule has 0 aromatic heterocycles. The van der Waals surface area contributed by atoms with Crippen molar-refractivity contribution in [3.63, 3.8) is 0 Å². The highest BCUT2D eigenvalue weighted by Crippen LogP contribution is 2.22. The minimum atomic E-state index is 0.644. The monoisotopic (exact) mass is 300 g/mol. The molecule has 2 aromatic rings. The molecule has 0 spiro atoms. The maximum Gasteiger partial charge on any atom is 0.123 e. The van der Waals surface area contributed by atoms with Gasteiger partial charge >= 0.3 is 0 Å². The number of rotatable bonds is 5. The Bertz CT molecular complexity index is 647. The molecule has 0 atom stereocenters. The Kier molecular flexibility index (Phi) is 5.21. The van der Waals surface area contributed by atoms with E-state index in [1.54, 1.807) is 13.2 Å². The van der Waals surface area contributed by atoms with Crippen LogP contribution in [0.1, 0.15) is 16.7 Å². The van der Waals surface area contributed by atoms with Crippen LogP contribution >= 0.6 is 11.6 Å². The van der Waals surface area contributed by atoms with Gasteiger partial charge in [-0.3, -0.25) is 4.90 Å². The van der Waals surface area contributed by atoms with E-state index < -0.39 is 0 Å². The predicted octanol–water partition coefficient (Wildman–Crippen LogP) is 3.85. The largest absolute Gasteiger partial charge is 0.496 e. The van der Waals surface area contributed by atoms with E-state index in [4.69, 9.17) is 21.6 Å². The molecular weight excluding hydrogens is 284 g/mol. The first-order valence-corrected chi connectivity index (χ1v) is 7.00. The average molecular weight is 301 g/mol. The molecular formula is C17H17ClN2O. The molecule has 0 N–H and O–H groups in total. The summed E-state index contributed by atoms with van der Waals surface area (Å²) in [6.07, 6.45) is 0. The summed E-state index contributed by atoms with van der Waals surface area (Å²) in [6.45, 7) is 1.51. The minimum Gasteiger partial charge on any atom is -0.496 e. The topological polar surface area (TPSA) is 36.3 Å². The number of methoxy groups -OCH3 is 1. The molecule has 108 valence electrons. The van der Waals surface area contributed by atoms with E-state index in [1.807, 2.05) is 43.4 Å². The van der Waals surface area contributed by atoms with Crippen LogP contribution in [0.15, 0.2) is 42.5 Å². The van der Waals surface area contributed by atoms with Crippen molar-refractivity contribution in [2.45, 2.75) is 13.1 Å². The Labute approximate surface area is 130 Å². The summed E-state index contributed by atoms with van der Waals surface area (Å²) in [5.41, 5.74) is 2.84. The number of ether oxygens (including phenoxy) is 1. The van der Waals surface area contributed by atoms with E-state index >= 15 is 0 Å². The summed E-state index contributed by atoms with van der Waals surface area (Å²) >= 11 is 5.89. The van der Waals surface area contributed by atoms with E-state index in [0.29, 0.717) is 12.1 Å². The molecule has 21 heavy (non-hydrogen) atoms. The maximum atomic E-state index is 9.00. The zero-order valence-electron chi connectivity index (χ0n) is 12.1. The molecule has 2 rings (SSSR count). The number of halogens is 1. The first kappa shape index (κ1) is 15.4. The van der Waals surface area contributed by atoms with Gasteiger partial charge in [0, 0.05) is 23.7 Å². The Morgan fingerprint density at radius 2 is 1.86 bits per heavy atom. The number of hydrogen-bond donors (Lipinski definition) is 0. The molecule has 0 radical (unpaired) electrons. The lowest BCUT2D eigenvalue weighted by Crippen LogP contribution is -2.17. The highest BCUT2D eigenvalue weighted by molar-refractivity contribution is 6.30. The van der Waals surface area contributed by atoms with Crippen molar-refractivity contribution in [1.29, 1.82) is 5.26 Å². The van der Waals surface area contributed by atoms with Gasteiger partial charge in [-0.15, -0.1) is 0 Å². The number of nitrogens with zero attached hydrogens (tertiary/aromatic N) is 2. The van der Waals surface area contributed by atoms with Gasteiger partial charge in [0.05, 0.1) is 18.7 Å². The van der Waals surface area contributed by atoms with Crippen LogP contribution in [0, 0.1) is 11.3 Å². The Hall–Kier alpha value is -2.02. The molecule has 2 aromatic carbocycles. The number of hydrogen-bond acceptors (Lipinski definition) is 3. The van der Waals surface area contributed by atoms with Crippen LogP contribution < -0.4 is 4.74 Å². The van der Waals surface area contributed by atoms with Gasteiger partial charge in [-0.05, 0) is 42.9 Å². The van der Waals surface area contributed by atoms with Gasteiger partial charge in [-0.2, -0.15) is 5.26 Å². The normalized spacial score (nSPS) is 10.4. The predicted molar refractivity (Wildman–Crippen MR) is 84.3 cm³/mol. The van der Waals surface area contributed by atoms with Gasteiger partial charge in [0.15, 0.2) is 0 Å². The fourth-order valence-corrected chi connectivity index (χ4v) is 2.35. The Morgan fingerprint density at radius 1 is 1.14 bits per heavy atom. The van der Waals surface area contributed by atoms with Gasteiger partial charge in [0.25, 0.3) is 0 Å². The van der Waals surface area contributed by atoms with Crippen molar-refractivity contribution >= 4 is 11.6 Å². The van der Waals surface area contributed by atoms with Crippen molar-refractivity contribution in [2.24, 2.45) is 0 Å². The fourth-order valence-electron chi connectivity index (χ4n) is 2.22. The van der Waals surface area contributed by atoms with Crippen molar-refractivity contribution in [1.82, 2.24) is 4.90 Å². The summed E-state index contributed by atoms with van der Waals surface area (Å²) in [5.74, 6) is 0.803. The van der Waals surface area contributed by atoms with Crippen LogP contribution in [-0.2, 0) is 13.1 Å². The van der Waals surface area contributed by atoms with E-state index in [2.05, 4.69) is 11.0 Å². The number of benzene rings is 2. The van der Waals surface area contributed by atoms with E-state index in [-0.39, 0.29) is 0 Å². The Balaban J connectivity index is 2.10. The van der Waals surface area contributed by atoms with Crippen molar-refractivity contribution in [2.75, 3.05) is 14.2 Å². The first-order chi connectivity index (χ1) is 10.1. The molecule has 0 bridgehead atoms. The molecule has 4 heteroatoms. The second-order valence-electron chi connectivity index (χ2n) is 4.94. The smallest absolute Gasteiger partial charge is 0.123 e. The summed E-state index contributed by atoms with van der Waals surface area (Å²) < 4.78 is 5.36. The second kappa shape index (κ2) is 7.12. The van der Waals surface area contributed by atoms with Crippen LogP contribution in [0.2, 0.25) is 5.02 Å². The van der Waals surface area contributed by atoms with Crippen molar-refractivity contribution in [3.05, 3.63) is 64.2 Å². The number of nitriles is 1. The first-order valence-electron chi connectivity index (χ1n) is 6.62. The molecule has 3 nitrogen and oxygen atoms in total. The molecule has 0 unspecified atom stereocenters. The fraction of sp³-hybridized carbons (Fsp3) is 0.235. The van der Waals surface area contributed by atoms with Crippen LogP contribution in [0.4, 0.5) is 0 Å².